The van der Waals surface area contributed by atoms with Gasteiger partial charge in [-0.05, 0) is 6.42 Å². The molecule has 1 rings (SSSR count). The van der Waals surface area contributed by atoms with E-state index >= 15 is 0 Å². The molecule has 0 aromatic heterocycles. The third-order valence-electron chi connectivity index (χ3n) is 2.14. The zero-order chi connectivity index (χ0) is 9.03. The molecule has 0 unspecified atom stereocenters. The van der Waals surface area contributed by atoms with Crippen molar-refractivity contribution in [3.8, 4) is 6.07 Å². The first-order valence-corrected chi connectivity index (χ1v) is 4.27. The van der Waals surface area contributed by atoms with Crippen molar-refractivity contribution in [2.24, 2.45) is 5.41 Å². The van der Waals surface area contributed by atoms with E-state index in [2.05, 4.69) is 19.9 Å². The monoisotopic (exact) mass is 169 g/mol. The Morgan fingerprint density at radius 3 is 2.50 bits per heavy atom. The quantitative estimate of drug-likeness (QED) is 0.645. The van der Waals surface area contributed by atoms with Crippen LogP contribution < -0.4 is 0 Å². The Kier molecular flexibility index (Phi) is 3.07. The van der Waals surface area contributed by atoms with Crippen LogP contribution in [0.3, 0.4) is 0 Å². The maximum atomic E-state index is 8.44. The van der Waals surface area contributed by atoms with Gasteiger partial charge in [0.15, 0.2) is 6.29 Å². The van der Waals surface area contributed by atoms with Gasteiger partial charge >= 0.3 is 0 Å². The number of rotatable bonds is 3. The summed E-state index contributed by atoms with van der Waals surface area (Å²) in [6.45, 7) is 5.50. The van der Waals surface area contributed by atoms with Crippen molar-refractivity contribution in [2.75, 3.05) is 13.2 Å². The Hall–Kier alpha value is -0.590. The molecule has 0 aromatic carbocycles. The Labute approximate surface area is 73.3 Å². The van der Waals surface area contributed by atoms with Crippen LogP contribution in [0.2, 0.25) is 0 Å². The summed E-state index contributed by atoms with van der Waals surface area (Å²) in [4.78, 5) is 0. The molecule has 0 N–H and O–H groups in total. The lowest BCUT2D eigenvalue weighted by Crippen LogP contribution is -2.30. The second-order valence-corrected chi connectivity index (χ2v) is 3.72. The van der Waals surface area contributed by atoms with E-state index in [1.165, 1.54) is 0 Å². The Morgan fingerprint density at radius 1 is 1.42 bits per heavy atom. The number of nitriles is 1. The van der Waals surface area contributed by atoms with Gasteiger partial charge < -0.3 is 9.47 Å². The fourth-order valence-electron chi connectivity index (χ4n) is 1.31. The Morgan fingerprint density at radius 2 is 2.00 bits per heavy atom. The maximum Gasteiger partial charge on any atom is 0.162 e. The molecule has 1 saturated heterocycles. The van der Waals surface area contributed by atoms with Crippen LogP contribution in [0.4, 0.5) is 0 Å². The molecule has 1 aliphatic rings. The van der Waals surface area contributed by atoms with E-state index in [0.717, 1.165) is 6.42 Å². The molecule has 1 fully saturated rings. The summed E-state index contributed by atoms with van der Waals surface area (Å²) in [5, 5.41) is 8.44. The van der Waals surface area contributed by atoms with Gasteiger partial charge in [-0.3, -0.25) is 0 Å². The highest BCUT2D eigenvalue weighted by Gasteiger charge is 2.33. The van der Waals surface area contributed by atoms with Gasteiger partial charge in [-0.25, -0.2) is 0 Å². The number of ether oxygens (including phenoxy) is 2. The lowest BCUT2D eigenvalue weighted by molar-refractivity contribution is -0.121. The highest BCUT2D eigenvalue weighted by molar-refractivity contribution is 4.80. The molecule has 3 nitrogen and oxygen atoms in total. The van der Waals surface area contributed by atoms with Crippen LogP contribution in [0.5, 0.6) is 0 Å². The molecule has 0 spiro atoms. The molecule has 0 radical (unpaired) electrons. The molecule has 0 saturated carbocycles. The first-order chi connectivity index (χ1) is 5.67. The van der Waals surface area contributed by atoms with Crippen LogP contribution in [-0.4, -0.2) is 19.5 Å². The van der Waals surface area contributed by atoms with Crippen LogP contribution >= 0.6 is 0 Å². The predicted molar refractivity (Wildman–Crippen MR) is 44.3 cm³/mol. The van der Waals surface area contributed by atoms with Crippen LogP contribution in [0.1, 0.15) is 26.7 Å². The first-order valence-electron chi connectivity index (χ1n) is 4.27. The zero-order valence-electron chi connectivity index (χ0n) is 7.67. The summed E-state index contributed by atoms with van der Waals surface area (Å²) in [6, 6.07) is 2.14. The topological polar surface area (TPSA) is 42.2 Å². The molecule has 0 amide bonds. The second-order valence-electron chi connectivity index (χ2n) is 3.72. The SMILES string of the molecule is CC(C)(CCC#N)C1OCCO1. The summed E-state index contributed by atoms with van der Waals surface area (Å²) in [6.07, 6.45) is 1.27. The molecule has 0 aliphatic carbocycles. The molecular formula is C9H15NO2. The highest BCUT2D eigenvalue weighted by Crippen LogP contribution is 2.31. The zero-order valence-corrected chi connectivity index (χ0v) is 7.67. The van der Waals surface area contributed by atoms with E-state index in [-0.39, 0.29) is 11.7 Å². The largest absolute Gasteiger partial charge is 0.350 e. The van der Waals surface area contributed by atoms with Crippen LogP contribution in [0.25, 0.3) is 0 Å². The van der Waals surface area contributed by atoms with Crippen LogP contribution in [-0.2, 0) is 9.47 Å². The fourth-order valence-corrected chi connectivity index (χ4v) is 1.31. The molecule has 68 valence electrons. The van der Waals surface area contributed by atoms with Gasteiger partial charge in [-0.15, -0.1) is 0 Å². The van der Waals surface area contributed by atoms with Crippen LogP contribution in [0.15, 0.2) is 0 Å². The molecule has 12 heavy (non-hydrogen) atoms. The van der Waals surface area contributed by atoms with Gasteiger partial charge in [0, 0.05) is 11.8 Å². The molecular weight excluding hydrogens is 154 g/mol. The van der Waals surface area contributed by atoms with Crippen LogP contribution in [0, 0.1) is 16.7 Å². The van der Waals surface area contributed by atoms with E-state index < -0.39 is 0 Å². The van der Waals surface area contributed by atoms with E-state index in [1.54, 1.807) is 0 Å². The standard InChI is InChI=1S/C9H15NO2/c1-9(2,4-3-5-10)8-11-6-7-12-8/h8H,3-4,6-7H2,1-2H3. The molecule has 1 heterocycles. The summed E-state index contributed by atoms with van der Waals surface area (Å²) < 4.78 is 10.8. The molecule has 3 heteroatoms. The highest BCUT2D eigenvalue weighted by atomic mass is 16.7. The van der Waals surface area contributed by atoms with Crippen molar-refractivity contribution >= 4 is 0 Å². The van der Waals surface area contributed by atoms with Crippen molar-refractivity contribution in [3.05, 3.63) is 0 Å². The van der Waals surface area contributed by atoms with Gasteiger partial charge in [0.25, 0.3) is 0 Å². The minimum absolute atomic E-state index is 0.0355. The summed E-state index contributed by atoms with van der Waals surface area (Å²) >= 11 is 0. The summed E-state index contributed by atoms with van der Waals surface area (Å²) in [5.74, 6) is 0. The Bertz CT molecular complexity index is 177. The minimum Gasteiger partial charge on any atom is -0.350 e. The smallest absolute Gasteiger partial charge is 0.162 e. The first kappa shape index (κ1) is 9.50. The molecule has 0 aromatic rings. The van der Waals surface area contributed by atoms with Gasteiger partial charge in [0.1, 0.15) is 0 Å². The number of nitrogens with zero attached hydrogens (tertiary/aromatic N) is 1. The van der Waals surface area contributed by atoms with E-state index in [1.807, 2.05) is 0 Å². The third kappa shape index (κ3) is 2.20. The van der Waals surface area contributed by atoms with Gasteiger partial charge in [-0.2, -0.15) is 5.26 Å². The van der Waals surface area contributed by atoms with Crippen molar-refractivity contribution in [1.82, 2.24) is 0 Å². The molecule has 0 bridgehead atoms. The van der Waals surface area contributed by atoms with Crippen molar-refractivity contribution < 1.29 is 9.47 Å². The average Bonchev–Trinajstić information content (AvgIpc) is 2.53. The third-order valence-corrected chi connectivity index (χ3v) is 2.14. The molecule has 1 aliphatic heterocycles. The number of hydrogen-bond donors (Lipinski definition) is 0. The summed E-state index contributed by atoms with van der Waals surface area (Å²) in [7, 11) is 0. The maximum absolute atomic E-state index is 8.44. The van der Waals surface area contributed by atoms with Gasteiger partial charge in [0.2, 0.25) is 0 Å². The van der Waals surface area contributed by atoms with E-state index in [4.69, 9.17) is 14.7 Å². The van der Waals surface area contributed by atoms with E-state index in [9.17, 15) is 0 Å². The van der Waals surface area contributed by atoms with Gasteiger partial charge in [0.05, 0.1) is 19.3 Å². The van der Waals surface area contributed by atoms with E-state index in [0.29, 0.717) is 19.6 Å². The molecule has 0 atom stereocenters. The summed E-state index contributed by atoms with van der Waals surface area (Å²) in [5.41, 5.74) is -0.0355. The second kappa shape index (κ2) is 3.88. The Balaban J connectivity index is 2.40. The van der Waals surface area contributed by atoms with Crippen molar-refractivity contribution in [3.63, 3.8) is 0 Å². The van der Waals surface area contributed by atoms with Crippen molar-refractivity contribution in [2.45, 2.75) is 33.0 Å². The van der Waals surface area contributed by atoms with Gasteiger partial charge in [-0.1, -0.05) is 13.8 Å². The normalized spacial score (nSPS) is 19.4. The fraction of sp³-hybridized carbons (Fsp3) is 0.889. The predicted octanol–water partition coefficient (Wildman–Crippen LogP) is 1.69. The van der Waals surface area contributed by atoms with Crippen molar-refractivity contribution in [1.29, 1.82) is 5.26 Å². The number of hydrogen-bond acceptors (Lipinski definition) is 3. The lowest BCUT2D eigenvalue weighted by Gasteiger charge is -2.28. The average molecular weight is 169 g/mol. The minimum atomic E-state index is -0.120. The lowest BCUT2D eigenvalue weighted by atomic mass is 9.87.